The van der Waals surface area contributed by atoms with Crippen molar-refractivity contribution in [2.75, 3.05) is 26.8 Å². The maximum absolute atomic E-state index is 12.3. The van der Waals surface area contributed by atoms with E-state index in [0.29, 0.717) is 0 Å². The lowest BCUT2D eigenvalue weighted by Gasteiger charge is -2.19. The molecule has 0 unspecified atom stereocenters. The molecule has 0 amide bonds. The Morgan fingerprint density at radius 1 is 1.63 bits per heavy atom. The van der Waals surface area contributed by atoms with Gasteiger partial charge < -0.3 is 14.8 Å². The average Bonchev–Trinajstić information content (AvgIpc) is 2.84. The van der Waals surface area contributed by atoms with Crippen LogP contribution in [0.25, 0.3) is 0 Å². The molecule has 0 spiro atoms. The van der Waals surface area contributed by atoms with Gasteiger partial charge in [-0.3, -0.25) is 0 Å². The quantitative estimate of drug-likeness (QED) is 0.680. The van der Waals surface area contributed by atoms with Crippen molar-refractivity contribution < 1.29 is 23.1 Å². The zero-order chi connectivity index (χ0) is 14.5. The van der Waals surface area contributed by atoms with Gasteiger partial charge in [-0.1, -0.05) is 6.08 Å². The molecule has 0 saturated carbocycles. The van der Waals surface area contributed by atoms with Crippen molar-refractivity contribution in [3.05, 3.63) is 30.6 Å². The van der Waals surface area contributed by atoms with Crippen LogP contribution < -0.4 is 0 Å². The predicted octanol–water partition coefficient (Wildman–Crippen LogP) is 0.536. The maximum Gasteiger partial charge on any atom is 0.352 e. The summed E-state index contributed by atoms with van der Waals surface area (Å²) >= 11 is 0. The highest BCUT2D eigenvalue weighted by Gasteiger charge is 2.25. The molecular formula is C11H16N2O5S. The summed E-state index contributed by atoms with van der Waals surface area (Å²) in [5.74, 6) is -1.21. The molecule has 1 aromatic rings. The number of methoxy groups -OCH3 is 1. The van der Waals surface area contributed by atoms with E-state index in [4.69, 9.17) is 9.84 Å². The number of rotatable bonds is 8. The second kappa shape index (κ2) is 6.50. The van der Waals surface area contributed by atoms with Crippen LogP contribution in [0.2, 0.25) is 0 Å². The monoisotopic (exact) mass is 288 g/mol. The summed E-state index contributed by atoms with van der Waals surface area (Å²) in [5.41, 5.74) is -0.177. The molecular weight excluding hydrogens is 272 g/mol. The van der Waals surface area contributed by atoms with Crippen LogP contribution in [0, 0.1) is 0 Å². The third-order valence-electron chi connectivity index (χ3n) is 2.40. The van der Waals surface area contributed by atoms with Gasteiger partial charge in [0.2, 0.25) is 10.0 Å². The van der Waals surface area contributed by atoms with Gasteiger partial charge in [0.25, 0.3) is 0 Å². The first-order valence-corrected chi connectivity index (χ1v) is 6.89. The summed E-state index contributed by atoms with van der Waals surface area (Å²) < 4.78 is 30.6. The van der Waals surface area contributed by atoms with Crippen molar-refractivity contribution in [3.63, 3.8) is 0 Å². The minimum Gasteiger partial charge on any atom is -0.477 e. The first-order chi connectivity index (χ1) is 8.93. The van der Waals surface area contributed by atoms with Crippen LogP contribution in [0.1, 0.15) is 10.5 Å². The van der Waals surface area contributed by atoms with E-state index in [1.165, 1.54) is 13.2 Å². The van der Waals surface area contributed by atoms with E-state index in [1.54, 1.807) is 0 Å². The Kier molecular flexibility index (Phi) is 5.28. The normalized spacial score (nSPS) is 11.7. The Hall–Kier alpha value is -1.64. The average molecular weight is 288 g/mol. The largest absolute Gasteiger partial charge is 0.477 e. The number of aromatic amines is 1. The molecule has 106 valence electrons. The van der Waals surface area contributed by atoms with Gasteiger partial charge in [0, 0.05) is 26.4 Å². The molecule has 1 aromatic heterocycles. The highest BCUT2D eigenvalue weighted by atomic mass is 32.2. The second-order valence-corrected chi connectivity index (χ2v) is 5.64. The number of aromatic carboxylic acids is 1. The minimum atomic E-state index is -3.76. The fourth-order valence-corrected chi connectivity index (χ4v) is 2.83. The molecule has 0 radical (unpaired) electrons. The number of carbonyl (C=O) groups is 1. The van der Waals surface area contributed by atoms with Gasteiger partial charge in [0.05, 0.1) is 6.61 Å². The van der Waals surface area contributed by atoms with Crippen LogP contribution in [0.3, 0.4) is 0 Å². The van der Waals surface area contributed by atoms with E-state index in [0.717, 1.165) is 16.6 Å². The smallest absolute Gasteiger partial charge is 0.352 e. The summed E-state index contributed by atoms with van der Waals surface area (Å²) in [6.45, 7) is 4.03. The lowest BCUT2D eigenvalue weighted by Crippen LogP contribution is -2.33. The Morgan fingerprint density at radius 3 is 2.79 bits per heavy atom. The van der Waals surface area contributed by atoms with E-state index < -0.39 is 16.0 Å². The number of ether oxygens (including phenoxy) is 1. The number of nitrogens with one attached hydrogen (secondary N) is 1. The van der Waals surface area contributed by atoms with Gasteiger partial charge in [-0.15, -0.1) is 6.58 Å². The van der Waals surface area contributed by atoms with Crippen LogP contribution in [-0.2, 0) is 14.8 Å². The molecule has 0 fully saturated rings. The SMILES string of the molecule is C=CCN(CCOC)S(=O)(=O)c1c[nH]c(C(=O)O)c1. The van der Waals surface area contributed by atoms with E-state index in [1.807, 2.05) is 0 Å². The summed E-state index contributed by atoms with van der Waals surface area (Å²) in [4.78, 5) is 13.0. The van der Waals surface area contributed by atoms with Crippen LogP contribution >= 0.6 is 0 Å². The van der Waals surface area contributed by atoms with Gasteiger partial charge >= 0.3 is 5.97 Å². The number of sulfonamides is 1. The van der Waals surface area contributed by atoms with Crippen LogP contribution in [0.15, 0.2) is 29.8 Å². The van der Waals surface area contributed by atoms with Gasteiger partial charge in [0.1, 0.15) is 10.6 Å². The lowest BCUT2D eigenvalue weighted by molar-refractivity contribution is 0.0691. The molecule has 7 nitrogen and oxygen atoms in total. The number of aromatic nitrogens is 1. The van der Waals surface area contributed by atoms with Crippen molar-refractivity contribution in [2.45, 2.75) is 4.90 Å². The second-order valence-electron chi connectivity index (χ2n) is 3.70. The van der Waals surface area contributed by atoms with E-state index >= 15 is 0 Å². The van der Waals surface area contributed by atoms with Gasteiger partial charge in [-0.05, 0) is 6.07 Å². The summed E-state index contributed by atoms with van der Waals surface area (Å²) in [5, 5.41) is 8.77. The Morgan fingerprint density at radius 2 is 2.32 bits per heavy atom. The van der Waals surface area contributed by atoms with Crippen molar-refractivity contribution in [1.82, 2.24) is 9.29 Å². The first kappa shape index (κ1) is 15.4. The number of hydrogen-bond donors (Lipinski definition) is 2. The van der Waals surface area contributed by atoms with Crippen LogP contribution in [-0.4, -0.2) is 55.6 Å². The summed E-state index contributed by atoms with van der Waals surface area (Å²) in [6, 6.07) is 1.08. The van der Waals surface area contributed by atoms with E-state index in [9.17, 15) is 13.2 Å². The topological polar surface area (TPSA) is 99.7 Å². The van der Waals surface area contributed by atoms with Gasteiger partial charge in [-0.25, -0.2) is 13.2 Å². The van der Waals surface area contributed by atoms with E-state index in [2.05, 4.69) is 11.6 Å². The summed E-state index contributed by atoms with van der Waals surface area (Å²) in [7, 11) is -2.29. The third-order valence-corrected chi connectivity index (χ3v) is 4.25. The van der Waals surface area contributed by atoms with Crippen LogP contribution in [0.5, 0.6) is 0 Å². The molecule has 0 aliphatic rings. The fraction of sp³-hybridized carbons (Fsp3) is 0.364. The number of nitrogens with zero attached hydrogens (tertiary/aromatic N) is 1. The number of carboxylic acid groups (broad SMARTS) is 1. The molecule has 0 atom stereocenters. The zero-order valence-electron chi connectivity index (χ0n) is 10.5. The lowest BCUT2D eigenvalue weighted by atomic mass is 10.4. The molecule has 0 aliphatic heterocycles. The molecule has 2 N–H and O–H groups in total. The van der Waals surface area contributed by atoms with Crippen LogP contribution in [0.4, 0.5) is 0 Å². The Balaban J connectivity index is 3.03. The van der Waals surface area contributed by atoms with Crippen molar-refractivity contribution in [1.29, 1.82) is 0 Å². The molecule has 1 rings (SSSR count). The molecule has 0 bridgehead atoms. The van der Waals surface area contributed by atoms with E-state index in [-0.39, 0.29) is 30.3 Å². The van der Waals surface area contributed by atoms with Crippen molar-refractivity contribution in [3.8, 4) is 0 Å². The standard InChI is InChI=1S/C11H16N2O5S/c1-3-4-13(5-6-18-2)19(16,17)9-7-10(11(14)15)12-8-9/h3,7-8,12H,1,4-6H2,2H3,(H,14,15). The first-order valence-electron chi connectivity index (χ1n) is 5.45. The Bertz CT molecular complexity index is 549. The fourth-order valence-electron chi connectivity index (χ4n) is 1.44. The predicted molar refractivity (Wildman–Crippen MR) is 68.6 cm³/mol. The molecule has 0 saturated heterocycles. The minimum absolute atomic E-state index is 0.0946. The third kappa shape index (κ3) is 3.66. The molecule has 1 heterocycles. The van der Waals surface area contributed by atoms with Crippen molar-refractivity contribution in [2.24, 2.45) is 0 Å². The van der Waals surface area contributed by atoms with Crippen molar-refractivity contribution >= 4 is 16.0 Å². The highest BCUT2D eigenvalue weighted by Crippen LogP contribution is 2.16. The highest BCUT2D eigenvalue weighted by molar-refractivity contribution is 7.89. The number of hydrogen-bond acceptors (Lipinski definition) is 4. The molecule has 0 aliphatic carbocycles. The maximum atomic E-state index is 12.3. The summed E-state index contributed by atoms with van der Waals surface area (Å²) in [6.07, 6.45) is 2.61. The zero-order valence-corrected chi connectivity index (χ0v) is 11.3. The van der Waals surface area contributed by atoms with Gasteiger partial charge in [0.15, 0.2) is 0 Å². The number of H-pyrrole nitrogens is 1. The van der Waals surface area contributed by atoms with Gasteiger partial charge in [-0.2, -0.15) is 4.31 Å². The number of carboxylic acids is 1. The molecule has 0 aromatic carbocycles. The Labute approximate surface area is 111 Å². The molecule has 19 heavy (non-hydrogen) atoms. The molecule has 8 heteroatoms.